The molecule has 3 aromatic heterocycles. The molecular weight excluding hydrogens is 340 g/mol. The van der Waals surface area contributed by atoms with Gasteiger partial charge in [-0.25, -0.2) is 9.97 Å². The van der Waals surface area contributed by atoms with Crippen molar-refractivity contribution in [3.05, 3.63) is 30.2 Å². The largest absolute Gasteiger partial charge is 0.378 e. The van der Waals surface area contributed by atoms with E-state index in [2.05, 4.69) is 22.0 Å². The van der Waals surface area contributed by atoms with E-state index in [0.717, 1.165) is 54.1 Å². The lowest BCUT2D eigenvalue weighted by atomic mass is 10.1. The third kappa shape index (κ3) is 3.64. The van der Waals surface area contributed by atoms with E-state index in [9.17, 15) is 0 Å². The van der Waals surface area contributed by atoms with Crippen LogP contribution in [0.5, 0.6) is 0 Å². The summed E-state index contributed by atoms with van der Waals surface area (Å²) in [6.45, 7) is 3.79. The topological polar surface area (TPSA) is 69.0 Å². The number of aryl methyl sites for hydroxylation is 2. The number of ether oxygens (including phenoxy) is 1. The van der Waals surface area contributed by atoms with E-state index in [1.165, 1.54) is 12.8 Å². The van der Waals surface area contributed by atoms with Gasteiger partial charge in [0.2, 0.25) is 0 Å². The monoisotopic (exact) mass is 366 g/mol. The molecule has 1 aliphatic heterocycles. The molecule has 1 saturated heterocycles. The van der Waals surface area contributed by atoms with E-state index in [-0.39, 0.29) is 0 Å². The first-order valence-electron chi connectivity index (χ1n) is 9.58. The second-order valence-electron chi connectivity index (χ2n) is 7.22. The molecular formula is C20H26N6O. The van der Waals surface area contributed by atoms with Crippen LogP contribution < -0.4 is 4.90 Å². The van der Waals surface area contributed by atoms with Crippen LogP contribution in [0.3, 0.4) is 0 Å². The summed E-state index contributed by atoms with van der Waals surface area (Å²) in [4.78, 5) is 16.1. The molecule has 1 atom stereocenters. The predicted molar refractivity (Wildman–Crippen MR) is 106 cm³/mol. The number of fused-ring (bicyclic) bond motifs is 1. The van der Waals surface area contributed by atoms with Crippen molar-refractivity contribution >= 4 is 16.9 Å². The molecule has 0 amide bonds. The average molecular weight is 366 g/mol. The summed E-state index contributed by atoms with van der Waals surface area (Å²) in [5.74, 6) is 1.59. The Morgan fingerprint density at radius 3 is 2.93 bits per heavy atom. The predicted octanol–water partition coefficient (Wildman–Crippen LogP) is 3.13. The molecule has 7 nitrogen and oxygen atoms in total. The lowest BCUT2D eigenvalue weighted by Gasteiger charge is -2.26. The molecule has 0 aliphatic carbocycles. The van der Waals surface area contributed by atoms with Crippen LogP contribution in [0.2, 0.25) is 0 Å². The molecule has 4 heterocycles. The molecule has 0 aromatic carbocycles. The van der Waals surface area contributed by atoms with E-state index in [0.29, 0.717) is 11.9 Å². The van der Waals surface area contributed by atoms with Crippen LogP contribution in [0.4, 0.5) is 5.82 Å². The normalized spacial score (nSPS) is 17.4. The highest BCUT2D eigenvalue weighted by Gasteiger charge is 2.20. The number of hydrogen-bond donors (Lipinski definition) is 0. The molecule has 4 rings (SSSR count). The minimum atomic E-state index is 0.353. The molecule has 0 bridgehead atoms. The third-order valence-corrected chi connectivity index (χ3v) is 5.18. The Kier molecular flexibility index (Phi) is 5.03. The van der Waals surface area contributed by atoms with Crippen molar-refractivity contribution in [2.75, 3.05) is 25.1 Å². The first-order chi connectivity index (χ1) is 13.1. The second-order valence-corrected chi connectivity index (χ2v) is 7.22. The van der Waals surface area contributed by atoms with Crippen molar-refractivity contribution in [1.29, 1.82) is 0 Å². The number of rotatable bonds is 5. The molecule has 3 aromatic rings. The zero-order chi connectivity index (χ0) is 18.8. The highest BCUT2D eigenvalue weighted by molar-refractivity contribution is 5.91. The Balaban J connectivity index is 1.69. The van der Waals surface area contributed by atoms with Crippen LogP contribution in [0.25, 0.3) is 22.4 Å². The van der Waals surface area contributed by atoms with Crippen molar-refractivity contribution in [3.63, 3.8) is 0 Å². The lowest BCUT2D eigenvalue weighted by Crippen LogP contribution is -2.27. The summed E-state index contributed by atoms with van der Waals surface area (Å²) in [5, 5.41) is 5.58. The quantitative estimate of drug-likeness (QED) is 0.691. The Morgan fingerprint density at radius 2 is 2.19 bits per heavy atom. The van der Waals surface area contributed by atoms with Gasteiger partial charge in [0.25, 0.3) is 0 Å². The van der Waals surface area contributed by atoms with Crippen molar-refractivity contribution in [2.24, 2.45) is 7.05 Å². The van der Waals surface area contributed by atoms with E-state index >= 15 is 0 Å². The molecule has 0 radical (unpaired) electrons. The summed E-state index contributed by atoms with van der Waals surface area (Å²) in [5.41, 5.74) is 2.70. The van der Waals surface area contributed by atoms with Crippen molar-refractivity contribution in [2.45, 2.75) is 38.7 Å². The SMILES string of the molecule is Cc1nn(C)c2nc(-c3cccnc3)nc(N(C)CC[C@H]3CCCCO3)c12. The van der Waals surface area contributed by atoms with Gasteiger partial charge >= 0.3 is 0 Å². The van der Waals surface area contributed by atoms with Gasteiger partial charge in [0.15, 0.2) is 11.5 Å². The van der Waals surface area contributed by atoms with Gasteiger partial charge in [-0.15, -0.1) is 0 Å². The number of aromatic nitrogens is 5. The van der Waals surface area contributed by atoms with E-state index in [1.54, 1.807) is 12.4 Å². The smallest absolute Gasteiger partial charge is 0.165 e. The van der Waals surface area contributed by atoms with Gasteiger partial charge in [0.1, 0.15) is 5.82 Å². The van der Waals surface area contributed by atoms with Crippen LogP contribution in [-0.4, -0.2) is 51.0 Å². The van der Waals surface area contributed by atoms with Gasteiger partial charge in [-0.05, 0) is 44.7 Å². The van der Waals surface area contributed by atoms with Crippen molar-refractivity contribution in [1.82, 2.24) is 24.7 Å². The Bertz CT molecular complexity index is 917. The zero-order valence-corrected chi connectivity index (χ0v) is 16.2. The van der Waals surface area contributed by atoms with Crippen LogP contribution in [0, 0.1) is 6.92 Å². The summed E-state index contributed by atoms with van der Waals surface area (Å²) in [6.07, 6.45) is 8.51. The first-order valence-corrected chi connectivity index (χ1v) is 9.58. The molecule has 0 N–H and O–H groups in total. The maximum atomic E-state index is 5.89. The first kappa shape index (κ1) is 17.9. The molecule has 0 unspecified atom stereocenters. The fourth-order valence-electron chi connectivity index (χ4n) is 3.70. The number of anilines is 1. The summed E-state index contributed by atoms with van der Waals surface area (Å²) in [6, 6.07) is 3.89. The van der Waals surface area contributed by atoms with Crippen LogP contribution in [0.1, 0.15) is 31.4 Å². The zero-order valence-electron chi connectivity index (χ0n) is 16.2. The minimum absolute atomic E-state index is 0.353. The number of nitrogens with zero attached hydrogens (tertiary/aromatic N) is 6. The Hall–Kier alpha value is -2.54. The van der Waals surface area contributed by atoms with Crippen molar-refractivity contribution < 1.29 is 4.74 Å². The maximum absolute atomic E-state index is 5.89. The van der Waals surface area contributed by atoms with Crippen LogP contribution in [-0.2, 0) is 11.8 Å². The standard InChI is InChI=1S/C20H26N6O/c1-14-17-19(25(2)11-9-16-8-4-5-12-27-16)22-18(15-7-6-10-21-13-15)23-20(17)26(3)24-14/h6-7,10,13,16H,4-5,8-9,11-12H2,1-3H3/t16-/m1/s1. The fraction of sp³-hybridized carbons (Fsp3) is 0.500. The Morgan fingerprint density at radius 1 is 1.30 bits per heavy atom. The number of pyridine rings is 1. The van der Waals surface area contributed by atoms with Gasteiger partial charge < -0.3 is 9.64 Å². The summed E-state index contributed by atoms with van der Waals surface area (Å²) < 4.78 is 7.72. The van der Waals surface area contributed by atoms with Gasteiger partial charge in [-0.2, -0.15) is 5.10 Å². The molecule has 0 spiro atoms. The van der Waals surface area contributed by atoms with Gasteiger partial charge in [-0.3, -0.25) is 9.67 Å². The molecule has 142 valence electrons. The molecule has 0 saturated carbocycles. The number of hydrogen-bond acceptors (Lipinski definition) is 6. The molecule has 27 heavy (non-hydrogen) atoms. The lowest BCUT2D eigenvalue weighted by molar-refractivity contribution is 0.0127. The van der Waals surface area contributed by atoms with E-state index in [4.69, 9.17) is 14.7 Å². The maximum Gasteiger partial charge on any atom is 0.165 e. The van der Waals surface area contributed by atoms with Crippen molar-refractivity contribution in [3.8, 4) is 11.4 Å². The summed E-state index contributed by atoms with van der Waals surface area (Å²) in [7, 11) is 4.01. The molecule has 1 aliphatic rings. The summed E-state index contributed by atoms with van der Waals surface area (Å²) >= 11 is 0. The van der Waals surface area contributed by atoms with E-state index in [1.807, 2.05) is 30.8 Å². The van der Waals surface area contributed by atoms with Crippen LogP contribution >= 0.6 is 0 Å². The van der Waals surface area contributed by atoms with Gasteiger partial charge in [-0.1, -0.05) is 0 Å². The van der Waals surface area contributed by atoms with E-state index < -0.39 is 0 Å². The third-order valence-electron chi connectivity index (χ3n) is 5.18. The highest BCUT2D eigenvalue weighted by Crippen LogP contribution is 2.29. The Labute approximate surface area is 159 Å². The second kappa shape index (κ2) is 7.60. The fourth-order valence-corrected chi connectivity index (χ4v) is 3.70. The molecule has 7 heteroatoms. The van der Waals surface area contributed by atoms with Crippen LogP contribution in [0.15, 0.2) is 24.5 Å². The average Bonchev–Trinajstić information content (AvgIpc) is 3.00. The van der Waals surface area contributed by atoms with Gasteiger partial charge in [0.05, 0.1) is 17.2 Å². The minimum Gasteiger partial charge on any atom is -0.378 e. The van der Waals surface area contributed by atoms with Gasteiger partial charge in [0, 0.05) is 45.2 Å². The highest BCUT2D eigenvalue weighted by atomic mass is 16.5. The molecule has 1 fully saturated rings.